The van der Waals surface area contributed by atoms with Gasteiger partial charge in [0.05, 0.1) is 6.61 Å². The molecule has 0 bridgehead atoms. The molecule has 0 heterocycles. The van der Waals surface area contributed by atoms with E-state index in [0.29, 0.717) is 18.9 Å². The number of rotatable bonds is 5. The van der Waals surface area contributed by atoms with Crippen LogP contribution in [-0.2, 0) is 6.42 Å². The van der Waals surface area contributed by atoms with Crippen molar-refractivity contribution in [2.45, 2.75) is 12.8 Å². The first-order chi connectivity index (χ1) is 10.8. The predicted octanol–water partition coefficient (Wildman–Crippen LogP) is 4.52. The Hall–Kier alpha value is -2.06. The minimum atomic E-state index is 0.117. The number of benzene rings is 2. The summed E-state index contributed by atoms with van der Waals surface area (Å²) in [5.41, 5.74) is 3.66. The minimum Gasteiger partial charge on any atom is -0.493 e. The van der Waals surface area contributed by atoms with E-state index in [9.17, 15) is 4.79 Å². The van der Waals surface area contributed by atoms with E-state index in [-0.39, 0.29) is 5.78 Å². The molecular formula is C19H17ClO2. The molecule has 2 nitrogen and oxygen atoms in total. The molecule has 0 N–H and O–H groups in total. The van der Waals surface area contributed by atoms with Crippen molar-refractivity contribution in [2.24, 2.45) is 0 Å². The van der Waals surface area contributed by atoms with E-state index < -0.39 is 0 Å². The maximum atomic E-state index is 12.4. The SMILES string of the molecule is O=C1C(=Cc2ccccc2OCCCCl)Cc2ccccc21. The Labute approximate surface area is 135 Å². The summed E-state index contributed by atoms with van der Waals surface area (Å²) in [6.45, 7) is 0.581. The third-order valence-electron chi connectivity index (χ3n) is 3.72. The number of alkyl halides is 1. The van der Waals surface area contributed by atoms with Gasteiger partial charge in [0, 0.05) is 29.0 Å². The molecule has 0 unspecified atom stereocenters. The Morgan fingerprint density at radius 1 is 1.09 bits per heavy atom. The van der Waals surface area contributed by atoms with Crippen LogP contribution in [0.25, 0.3) is 6.08 Å². The fraction of sp³-hybridized carbons (Fsp3) is 0.211. The second kappa shape index (κ2) is 6.80. The number of ether oxygens (including phenoxy) is 1. The quantitative estimate of drug-likeness (QED) is 0.461. The van der Waals surface area contributed by atoms with Crippen molar-refractivity contribution in [1.29, 1.82) is 0 Å². The number of ketones is 1. The zero-order valence-electron chi connectivity index (χ0n) is 12.2. The molecule has 3 rings (SSSR count). The number of hydrogen-bond acceptors (Lipinski definition) is 2. The smallest absolute Gasteiger partial charge is 0.189 e. The Morgan fingerprint density at radius 2 is 1.86 bits per heavy atom. The van der Waals surface area contributed by atoms with E-state index in [1.807, 2.05) is 54.6 Å². The average molecular weight is 313 g/mol. The van der Waals surface area contributed by atoms with Gasteiger partial charge in [0.2, 0.25) is 0 Å². The van der Waals surface area contributed by atoms with Gasteiger partial charge < -0.3 is 4.74 Å². The fourth-order valence-electron chi connectivity index (χ4n) is 2.63. The molecule has 0 aliphatic heterocycles. The summed E-state index contributed by atoms with van der Waals surface area (Å²) in [5, 5.41) is 0. The maximum absolute atomic E-state index is 12.4. The molecule has 2 aromatic carbocycles. The van der Waals surface area contributed by atoms with Crippen LogP contribution in [0.15, 0.2) is 54.1 Å². The third-order valence-corrected chi connectivity index (χ3v) is 3.99. The Morgan fingerprint density at radius 3 is 2.68 bits per heavy atom. The van der Waals surface area contributed by atoms with Gasteiger partial charge in [0.15, 0.2) is 5.78 Å². The van der Waals surface area contributed by atoms with Gasteiger partial charge in [-0.3, -0.25) is 4.79 Å². The summed E-state index contributed by atoms with van der Waals surface area (Å²) in [6, 6.07) is 15.6. The normalized spacial score (nSPS) is 15.1. The van der Waals surface area contributed by atoms with Crippen LogP contribution in [0, 0.1) is 0 Å². The van der Waals surface area contributed by atoms with Gasteiger partial charge in [-0.15, -0.1) is 11.6 Å². The molecule has 2 aromatic rings. The van der Waals surface area contributed by atoms with Gasteiger partial charge in [-0.25, -0.2) is 0 Å². The highest BCUT2D eigenvalue weighted by atomic mass is 35.5. The largest absolute Gasteiger partial charge is 0.493 e. The Kier molecular flexibility index (Phi) is 4.59. The minimum absolute atomic E-state index is 0.117. The number of carbonyl (C=O) groups is 1. The molecule has 0 aromatic heterocycles. The van der Waals surface area contributed by atoms with Gasteiger partial charge >= 0.3 is 0 Å². The number of allylic oxidation sites excluding steroid dienone is 1. The van der Waals surface area contributed by atoms with Gasteiger partial charge in [-0.1, -0.05) is 42.5 Å². The van der Waals surface area contributed by atoms with Crippen LogP contribution < -0.4 is 4.74 Å². The number of carbonyl (C=O) groups excluding carboxylic acids is 1. The zero-order chi connectivity index (χ0) is 15.4. The van der Waals surface area contributed by atoms with Gasteiger partial charge in [0.1, 0.15) is 5.75 Å². The van der Waals surface area contributed by atoms with Crippen LogP contribution in [0.5, 0.6) is 5.75 Å². The fourth-order valence-corrected chi connectivity index (χ4v) is 2.74. The van der Waals surface area contributed by atoms with Crippen LogP contribution in [0.2, 0.25) is 0 Å². The summed E-state index contributed by atoms with van der Waals surface area (Å²) >= 11 is 5.68. The lowest BCUT2D eigenvalue weighted by molar-refractivity contribution is 0.104. The summed E-state index contributed by atoms with van der Waals surface area (Å²) < 4.78 is 5.76. The highest BCUT2D eigenvalue weighted by molar-refractivity contribution is 6.17. The molecule has 22 heavy (non-hydrogen) atoms. The molecule has 112 valence electrons. The average Bonchev–Trinajstić information content (AvgIpc) is 2.86. The first-order valence-corrected chi connectivity index (χ1v) is 7.94. The highest BCUT2D eigenvalue weighted by Gasteiger charge is 2.24. The zero-order valence-corrected chi connectivity index (χ0v) is 13.0. The Balaban J connectivity index is 1.86. The van der Waals surface area contributed by atoms with Crippen molar-refractivity contribution in [1.82, 2.24) is 0 Å². The lowest BCUT2D eigenvalue weighted by Gasteiger charge is -2.08. The third kappa shape index (κ3) is 3.07. The van der Waals surface area contributed by atoms with Crippen molar-refractivity contribution in [2.75, 3.05) is 12.5 Å². The second-order valence-corrected chi connectivity index (χ2v) is 5.64. The van der Waals surface area contributed by atoms with E-state index in [1.165, 1.54) is 0 Å². The summed E-state index contributed by atoms with van der Waals surface area (Å²) in [5.74, 6) is 1.49. The van der Waals surface area contributed by atoms with Gasteiger partial charge in [-0.05, 0) is 24.1 Å². The van der Waals surface area contributed by atoms with Crippen molar-refractivity contribution < 1.29 is 9.53 Å². The molecule has 0 radical (unpaired) electrons. The van der Waals surface area contributed by atoms with Crippen LogP contribution in [0.1, 0.15) is 27.9 Å². The molecule has 0 spiro atoms. The first-order valence-electron chi connectivity index (χ1n) is 7.40. The van der Waals surface area contributed by atoms with Crippen LogP contribution in [-0.4, -0.2) is 18.3 Å². The number of fused-ring (bicyclic) bond motifs is 1. The lowest BCUT2D eigenvalue weighted by atomic mass is 10.1. The molecule has 1 aliphatic rings. The highest BCUT2D eigenvalue weighted by Crippen LogP contribution is 2.29. The molecule has 0 atom stereocenters. The molecular weight excluding hydrogens is 296 g/mol. The van der Waals surface area contributed by atoms with E-state index >= 15 is 0 Å². The Bertz CT molecular complexity index is 719. The molecule has 0 saturated carbocycles. The number of hydrogen-bond donors (Lipinski definition) is 0. The van der Waals surface area contributed by atoms with Crippen LogP contribution in [0.4, 0.5) is 0 Å². The maximum Gasteiger partial charge on any atom is 0.189 e. The topological polar surface area (TPSA) is 26.3 Å². The lowest BCUT2D eigenvalue weighted by Crippen LogP contribution is -2.00. The number of Topliss-reactive ketones (excluding diaryl/α,β-unsaturated/α-hetero) is 1. The number of halogens is 1. The van der Waals surface area contributed by atoms with Crippen LogP contribution in [0.3, 0.4) is 0 Å². The number of para-hydroxylation sites is 1. The molecule has 0 fully saturated rings. The van der Waals surface area contributed by atoms with Crippen molar-refractivity contribution in [3.63, 3.8) is 0 Å². The summed E-state index contributed by atoms with van der Waals surface area (Å²) in [6.07, 6.45) is 3.43. The van der Waals surface area contributed by atoms with E-state index in [2.05, 4.69) is 0 Å². The van der Waals surface area contributed by atoms with Crippen molar-refractivity contribution in [3.8, 4) is 5.75 Å². The summed E-state index contributed by atoms with van der Waals surface area (Å²) in [4.78, 5) is 12.4. The molecule has 1 aliphatic carbocycles. The van der Waals surface area contributed by atoms with E-state index in [0.717, 1.165) is 34.4 Å². The monoisotopic (exact) mass is 312 g/mol. The molecule has 0 saturated heterocycles. The van der Waals surface area contributed by atoms with Gasteiger partial charge in [0.25, 0.3) is 0 Å². The van der Waals surface area contributed by atoms with Crippen LogP contribution >= 0.6 is 11.6 Å². The summed E-state index contributed by atoms with van der Waals surface area (Å²) in [7, 11) is 0. The molecule has 3 heteroatoms. The standard InChI is InChI=1S/C19H17ClO2/c20-10-5-11-22-18-9-4-2-7-15(18)13-16-12-14-6-1-3-8-17(14)19(16)21/h1-4,6-9,13H,5,10-12H2. The van der Waals surface area contributed by atoms with E-state index in [1.54, 1.807) is 0 Å². The van der Waals surface area contributed by atoms with Gasteiger partial charge in [-0.2, -0.15) is 0 Å². The van der Waals surface area contributed by atoms with Crippen molar-refractivity contribution in [3.05, 3.63) is 70.8 Å². The second-order valence-electron chi connectivity index (χ2n) is 5.26. The predicted molar refractivity (Wildman–Crippen MR) is 89.7 cm³/mol. The molecule has 0 amide bonds. The van der Waals surface area contributed by atoms with Crippen molar-refractivity contribution >= 4 is 23.5 Å². The van der Waals surface area contributed by atoms with E-state index in [4.69, 9.17) is 16.3 Å². The first kappa shape index (κ1) is 14.9.